The predicted octanol–water partition coefficient (Wildman–Crippen LogP) is 2.73. The molecule has 1 aromatic carbocycles. The van der Waals surface area contributed by atoms with Crippen LogP contribution >= 0.6 is 0 Å². The van der Waals surface area contributed by atoms with E-state index in [1.54, 1.807) is 4.68 Å². The summed E-state index contributed by atoms with van der Waals surface area (Å²) in [4.78, 5) is 12.4. The van der Waals surface area contributed by atoms with Gasteiger partial charge in [0.25, 0.3) is 5.56 Å². The summed E-state index contributed by atoms with van der Waals surface area (Å²) in [6.07, 6.45) is 0. The van der Waals surface area contributed by atoms with E-state index in [1.165, 1.54) is 0 Å². The van der Waals surface area contributed by atoms with Crippen molar-refractivity contribution < 1.29 is 0 Å². The second kappa shape index (κ2) is 4.61. The Morgan fingerprint density at radius 2 is 1.79 bits per heavy atom. The van der Waals surface area contributed by atoms with Crippen LogP contribution < -0.4 is 11.3 Å². The van der Waals surface area contributed by atoms with Crippen molar-refractivity contribution >= 4 is 5.69 Å². The van der Waals surface area contributed by atoms with Gasteiger partial charge >= 0.3 is 0 Å². The molecule has 19 heavy (non-hydrogen) atoms. The van der Waals surface area contributed by atoms with Crippen molar-refractivity contribution in [2.45, 2.75) is 40.7 Å². The molecule has 0 aliphatic carbocycles. The quantitative estimate of drug-likeness (QED) is 0.901. The maximum absolute atomic E-state index is 12.4. The van der Waals surface area contributed by atoms with E-state index in [0.29, 0.717) is 5.69 Å². The third kappa shape index (κ3) is 1.97. The highest BCUT2D eigenvalue weighted by molar-refractivity contribution is 5.49. The number of nitrogens with zero attached hydrogens (tertiary/aromatic N) is 2. The smallest absolute Gasteiger partial charge is 0.294 e. The zero-order valence-corrected chi connectivity index (χ0v) is 12.2. The molecular formula is C15H21N3O. The highest BCUT2D eigenvalue weighted by Gasteiger charge is 2.19. The highest BCUT2D eigenvalue weighted by atomic mass is 16.1. The zero-order chi connectivity index (χ0) is 14.3. The molecule has 2 rings (SSSR count). The van der Waals surface area contributed by atoms with Crippen molar-refractivity contribution in [3.05, 3.63) is 45.4 Å². The van der Waals surface area contributed by atoms with Crippen LogP contribution in [0.15, 0.2) is 23.0 Å². The van der Waals surface area contributed by atoms with Gasteiger partial charge < -0.3 is 5.73 Å². The van der Waals surface area contributed by atoms with E-state index < -0.39 is 0 Å². The lowest BCUT2D eigenvalue weighted by Crippen LogP contribution is -2.24. The maximum Gasteiger partial charge on any atom is 0.294 e. The largest absolute Gasteiger partial charge is 0.393 e. The lowest BCUT2D eigenvalue weighted by atomic mass is 10.1. The number of rotatable bonds is 2. The van der Waals surface area contributed by atoms with E-state index in [4.69, 9.17) is 5.73 Å². The Morgan fingerprint density at radius 3 is 2.37 bits per heavy atom. The average molecular weight is 259 g/mol. The first-order valence-electron chi connectivity index (χ1n) is 6.52. The molecule has 1 heterocycles. The van der Waals surface area contributed by atoms with Crippen molar-refractivity contribution in [2.75, 3.05) is 5.73 Å². The summed E-state index contributed by atoms with van der Waals surface area (Å²) in [5.74, 6) is 0. The number of aryl methyl sites for hydroxylation is 1. The van der Waals surface area contributed by atoms with Crippen LogP contribution in [0.25, 0.3) is 5.69 Å². The molecule has 0 saturated heterocycles. The topological polar surface area (TPSA) is 52.9 Å². The van der Waals surface area contributed by atoms with Crippen molar-refractivity contribution in [1.29, 1.82) is 0 Å². The van der Waals surface area contributed by atoms with Gasteiger partial charge in [-0.05, 0) is 51.8 Å². The van der Waals surface area contributed by atoms with E-state index in [1.807, 2.05) is 57.5 Å². The van der Waals surface area contributed by atoms with Crippen LogP contribution in [0, 0.1) is 20.8 Å². The Bertz CT molecular complexity index is 677. The molecule has 0 amide bonds. The first-order valence-corrected chi connectivity index (χ1v) is 6.52. The van der Waals surface area contributed by atoms with Gasteiger partial charge in [-0.3, -0.25) is 9.48 Å². The molecule has 0 aliphatic rings. The van der Waals surface area contributed by atoms with Crippen LogP contribution in [0.3, 0.4) is 0 Å². The number of nitrogen functional groups attached to an aromatic ring is 1. The molecule has 2 N–H and O–H groups in total. The summed E-state index contributed by atoms with van der Waals surface area (Å²) in [5, 5.41) is 0. The number of hydrogen-bond donors (Lipinski definition) is 1. The highest BCUT2D eigenvalue weighted by Crippen LogP contribution is 2.21. The molecular weight excluding hydrogens is 238 g/mol. The second-order valence-corrected chi connectivity index (χ2v) is 5.27. The lowest BCUT2D eigenvalue weighted by molar-refractivity contribution is 0.466. The molecule has 2 aromatic rings. The SMILES string of the molecule is Cc1cccc(-n2c(=O)c(N)c(C)n2C(C)C)c1C. The van der Waals surface area contributed by atoms with Gasteiger partial charge in [-0.25, -0.2) is 4.68 Å². The van der Waals surface area contributed by atoms with E-state index >= 15 is 0 Å². The monoisotopic (exact) mass is 259 g/mol. The number of aromatic nitrogens is 2. The van der Waals surface area contributed by atoms with Crippen LogP contribution in [-0.4, -0.2) is 9.36 Å². The molecule has 1 aromatic heterocycles. The number of hydrogen-bond acceptors (Lipinski definition) is 2. The summed E-state index contributed by atoms with van der Waals surface area (Å²) in [5.41, 5.74) is 10.1. The van der Waals surface area contributed by atoms with E-state index in [2.05, 4.69) is 0 Å². The first-order chi connectivity index (χ1) is 8.86. The fourth-order valence-electron chi connectivity index (χ4n) is 2.45. The molecule has 4 heteroatoms. The van der Waals surface area contributed by atoms with Gasteiger partial charge in [-0.2, -0.15) is 0 Å². The van der Waals surface area contributed by atoms with Crippen molar-refractivity contribution in [3.8, 4) is 5.69 Å². The Morgan fingerprint density at radius 1 is 1.16 bits per heavy atom. The lowest BCUT2D eigenvalue weighted by Gasteiger charge is -2.19. The number of benzene rings is 1. The van der Waals surface area contributed by atoms with Gasteiger partial charge in [-0.1, -0.05) is 12.1 Å². The molecule has 0 bridgehead atoms. The minimum Gasteiger partial charge on any atom is -0.393 e. The van der Waals surface area contributed by atoms with E-state index in [0.717, 1.165) is 22.5 Å². The molecule has 0 atom stereocenters. The van der Waals surface area contributed by atoms with E-state index in [9.17, 15) is 4.79 Å². The minimum absolute atomic E-state index is 0.139. The van der Waals surface area contributed by atoms with Crippen molar-refractivity contribution in [3.63, 3.8) is 0 Å². The molecule has 0 spiro atoms. The standard InChI is InChI=1S/C15H21N3O/c1-9(2)17-12(5)14(16)15(19)18(17)13-8-6-7-10(3)11(13)4/h6-9H,16H2,1-5H3. The van der Waals surface area contributed by atoms with Crippen molar-refractivity contribution in [1.82, 2.24) is 9.36 Å². The average Bonchev–Trinajstić information content (AvgIpc) is 2.57. The maximum atomic E-state index is 12.4. The van der Waals surface area contributed by atoms with Gasteiger partial charge in [0.1, 0.15) is 5.69 Å². The summed E-state index contributed by atoms with van der Waals surface area (Å²) in [7, 11) is 0. The van der Waals surface area contributed by atoms with Crippen LogP contribution in [0.5, 0.6) is 0 Å². The van der Waals surface area contributed by atoms with Gasteiger partial charge in [0.05, 0.1) is 11.4 Å². The van der Waals surface area contributed by atoms with Crippen molar-refractivity contribution in [2.24, 2.45) is 0 Å². The molecule has 0 aliphatic heterocycles. The summed E-state index contributed by atoms with van der Waals surface area (Å²) < 4.78 is 3.65. The molecule has 0 unspecified atom stereocenters. The molecule has 102 valence electrons. The zero-order valence-electron chi connectivity index (χ0n) is 12.2. The fourth-order valence-corrected chi connectivity index (χ4v) is 2.45. The molecule has 0 radical (unpaired) electrons. The predicted molar refractivity (Wildman–Crippen MR) is 79.0 cm³/mol. The third-order valence-corrected chi connectivity index (χ3v) is 3.67. The summed E-state index contributed by atoms with van der Waals surface area (Å²) in [6, 6.07) is 6.14. The van der Waals surface area contributed by atoms with E-state index in [-0.39, 0.29) is 11.6 Å². The Labute approximate surface area is 113 Å². The fraction of sp³-hybridized carbons (Fsp3) is 0.400. The Balaban J connectivity index is 2.86. The first kappa shape index (κ1) is 13.5. The van der Waals surface area contributed by atoms with Gasteiger partial charge in [0.2, 0.25) is 0 Å². The normalized spacial score (nSPS) is 11.3. The van der Waals surface area contributed by atoms with Gasteiger partial charge in [0, 0.05) is 6.04 Å². The molecule has 4 nitrogen and oxygen atoms in total. The molecule has 0 saturated carbocycles. The van der Waals surface area contributed by atoms with Crippen LogP contribution in [0.1, 0.15) is 36.7 Å². The van der Waals surface area contributed by atoms with Crippen LogP contribution in [0.2, 0.25) is 0 Å². The third-order valence-electron chi connectivity index (χ3n) is 3.67. The molecule has 0 fully saturated rings. The minimum atomic E-state index is -0.139. The van der Waals surface area contributed by atoms with Crippen LogP contribution in [-0.2, 0) is 0 Å². The van der Waals surface area contributed by atoms with Crippen LogP contribution in [0.4, 0.5) is 5.69 Å². The number of anilines is 1. The van der Waals surface area contributed by atoms with Gasteiger partial charge in [-0.15, -0.1) is 0 Å². The Kier molecular flexibility index (Phi) is 3.27. The summed E-state index contributed by atoms with van der Waals surface area (Å²) >= 11 is 0. The number of nitrogens with two attached hydrogens (primary N) is 1. The summed E-state index contributed by atoms with van der Waals surface area (Å²) in [6.45, 7) is 10.1. The van der Waals surface area contributed by atoms with Gasteiger partial charge in [0.15, 0.2) is 0 Å². The second-order valence-electron chi connectivity index (χ2n) is 5.27. The Hall–Kier alpha value is -1.97.